The van der Waals surface area contributed by atoms with Gasteiger partial charge in [-0.3, -0.25) is 0 Å². The second-order valence-corrected chi connectivity index (χ2v) is 24.5. The Labute approximate surface area is 193 Å². The van der Waals surface area contributed by atoms with Gasteiger partial charge in [-0.2, -0.15) is 0 Å². The SMILES string of the molecule is COc1nc(N(C)C2CCN(C(=O)OC(C)(C)C)C2C)c2cn[c]([Sn]([CH3])([CH3])[CH3])c(F)c2n1. The van der Waals surface area contributed by atoms with Gasteiger partial charge in [-0.25, -0.2) is 0 Å². The van der Waals surface area contributed by atoms with E-state index in [1.807, 2.05) is 39.6 Å². The molecule has 176 valence electrons. The first-order chi connectivity index (χ1) is 14.7. The molecule has 0 aliphatic carbocycles. The summed E-state index contributed by atoms with van der Waals surface area (Å²) < 4.78 is 26.9. The van der Waals surface area contributed by atoms with Gasteiger partial charge in [-0.15, -0.1) is 0 Å². The van der Waals surface area contributed by atoms with Crippen LogP contribution in [0.4, 0.5) is 15.0 Å². The van der Waals surface area contributed by atoms with E-state index < -0.39 is 24.0 Å². The number of hydrogen-bond donors (Lipinski definition) is 0. The monoisotopic (exact) mass is 555 g/mol. The van der Waals surface area contributed by atoms with Crippen molar-refractivity contribution in [3.05, 3.63) is 12.0 Å². The van der Waals surface area contributed by atoms with E-state index in [0.717, 1.165) is 6.42 Å². The maximum absolute atomic E-state index is 15.5. The zero-order chi connectivity index (χ0) is 24.0. The maximum atomic E-state index is 15.5. The van der Waals surface area contributed by atoms with Gasteiger partial charge in [0.2, 0.25) is 0 Å². The molecular formula is C22H34FN5O3Sn. The Kier molecular flexibility index (Phi) is 6.79. The van der Waals surface area contributed by atoms with Gasteiger partial charge in [0.05, 0.1) is 0 Å². The van der Waals surface area contributed by atoms with Crippen molar-refractivity contribution in [1.82, 2.24) is 19.9 Å². The first-order valence-electron chi connectivity index (χ1n) is 10.9. The van der Waals surface area contributed by atoms with Crippen LogP contribution in [0.2, 0.25) is 14.8 Å². The number of likely N-dealkylation sites (tertiary alicyclic amines) is 1. The number of ether oxygens (including phenoxy) is 2. The van der Waals surface area contributed by atoms with Gasteiger partial charge in [0.15, 0.2) is 0 Å². The van der Waals surface area contributed by atoms with E-state index in [0.29, 0.717) is 21.5 Å². The van der Waals surface area contributed by atoms with Crippen molar-refractivity contribution in [2.75, 3.05) is 25.6 Å². The third kappa shape index (κ3) is 4.87. The Balaban J connectivity index is 2.00. The average molecular weight is 554 g/mol. The Morgan fingerprint density at radius 2 is 1.94 bits per heavy atom. The van der Waals surface area contributed by atoms with Gasteiger partial charge in [0, 0.05) is 0 Å². The number of rotatable bonds is 4. The molecular weight excluding hydrogens is 520 g/mol. The van der Waals surface area contributed by atoms with Crippen molar-refractivity contribution in [3.63, 3.8) is 0 Å². The van der Waals surface area contributed by atoms with Crippen molar-refractivity contribution in [1.29, 1.82) is 0 Å². The van der Waals surface area contributed by atoms with Crippen LogP contribution >= 0.6 is 0 Å². The summed E-state index contributed by atoms with van der Waals surface area (Å²) in [7, 11) is 3.37. The summed E-state index contributed by atoms with van der Waals surface area (Å²) >= 11 is -2.79. The molecule has 1 aliphatic rings. The van der Waals surface area contributed by atoms with E-state index in [1.165, 1.54) is 7.11 Å². The van der Waals surface area contributed by atoms with E-state index in [-0.39, 0.29) is 35.5 Å². The number of halogens is 1. The number of nitrogens with zero attached hydrogens (tertiary/aromatic N) is 5. The molecule has 0 spiro atoms. The molecule has 2 aromatic heterocycles. The molecule has 0 aromatic carbocycles. The summed E-state index contributed by atoms with van der Waals surface area (Å²) in [5, 5.41) is 0.535. The number of carbonyl (C=O) groups excluding carboxylic acids is 1. The quantitative estimate of drug-likeness (QED) is 0.535. The summed E-state index contributed by atoms with van der Waals surface area (Å²) in [5.41, 5.74) is -0.333. The van der Waals surface area contributed by atoms with Crippen molar-refractivity contribution >= 4 is 44.9 Å². The number of pyridine rings is 1. The third-order valence-corrected chi connectivity index (χ3v) is 10.8. The normalized spacial score (nSPS) is 19.4. The number of methoxy groups -OCH3 is 1. The van der Waals surface area contributed by atoms with Crippen LogP contribution in [0.5, 0.6) is 6.01 Å². The molecule has 2 aromatic rings. The number of aromatic nitrogens is 3. The molecule has 8 nitrogen and oxygen atoms in total. The van der Waals surface area contributed by atoms with Gasteiger partial charge in [0.1, 0.15) is 0 Å². The van der Waals surface area contributed by atoms with Gasteiger partial charge < -0.3 is 0 Å². The summed E-state index contributed by atoms with van der Waals surface area (Å²) in [6.45, 7) is 8.12. The fraction of sp³-hybridized carbons (Fsp3) is 0.636. The van der Waals surface area contributed by atoms with Crippen LogP contribution in [-0.2, 0) is 4.74 Å². The number of fused-ring (bicyclic) bond motifs is 1. The zero-order valence-corrected chi connectivity index (χ0v) is 23.3. The zero-order valence-electron chi connectivity index (χ0n) is 20.5. The van der Waals surface area contributed by atoms with Crippen LogP contribution in [-0.4, -0.2) is 82.7 Å². The molecule has 2 atom stereocenters. The van der Waals surface area contributed by atoms with E-state index in [2.05, 4.69) is 29.8 Å². The van der Waals surface area contributed by atoms with Gasteiger partial charge in [-0.1, -0.05) is 0 Å². The molecule has 0 radical (unpaired) electrons. The molecule has 1 saturated heterocycles. The van der Waals surface area contributed by atoms with Gasteiger partial charge in [0.25, 0.3) is 0 Å². The van der Waals surface area contributed by atoms with E-state index in [1.54, 1.807) is 11.1 Å². The Morgan fingerprint density at radius 1 is 1.28 bits per heavy atom. The number of carbonyl (C=O) groups is 1. The van der Waals surface area contributed by atoms with Gasteiger partial charge in [-0.05, 0) is 20.8 Å². The third-order valence-electron chi connectivity index (χ3n) is 5.71. The van der Waals surface area contributed by atoms with Crippen molar-refractivity contribution in [2.45, 2.75) is 66.6 Å². The summed E-state index contributed by atoms with van der Waals surface area (Å²) in [5.74, 6) is 0.160. The molecule has 0 N–H and O–H groups in total. The Bertz CT molecular complexity index is 1020. The topological polar surface area (TPSA) is 80.7 Å². The number of hydrogen-bond acceptors (Lipinski definition) is 7. The molecule has 0 bridgehead atoms. The fourth-order valence-electron chi connectivity index (χ4n) is 4.08. The molecule has 1 fully saturated rings. The minimum absolute atomic E-state index is 0.0325. The number of amides is 1. The van der Waals surface area contributed by atoms with Crippen LogP contribution in [0.1, 0.15) is 34.1 Å². The van der Waals surface area contributed by atoms with Crippen molar-refractivity contribution in [3.8, 4) is 6.01 Å². The van der Waals surface area contributed by atoms with Gasteiger partial charge >= 0.3 is 173 Å². The second kappa shape index (κ2) is 8.79. The van der Waals surface area contributed by atoms with Crippen LogP contribution in [0.3, 0.4) is 0 Å². The molecule has 0 saturated carbocycles. The van der Waals surface area contributed by atoms with E-state index in [4.69, 9.17) is 9.47 Å². The van der Waals surface area contributed by atoms with Crippen molar-refractivity contribution in [2.24, 2.45) is 0 Å². The van der Waals surface area contributed by atoms with Crippen LogP contribution in [0.15, 0.2) is 6.20 Å². The van der Waals surface area contributed by atoms with E-state index in [9.17, 15) is 4.79 Å². The van der Waals surface area contributed by atoms with E-state index >= 15 is 4.39 Å². The summed E-state index contributed by atoms with van der Waals surface area (Å²) in [6.07, 6.45) is 2.07. The summed E-state index contributed by atoms with van der Waals surface area (Å²) in [4.78, 5) is 36.0. The average Bonchev–Trinajstić information content (AvgIpc) is 3.06. The molecule has 32 heavy (non-hydrogen) atoms. The number of likely N-dealkylation sites (N-methyl/N-ethyl adjacent to an activating group) is 1. The number of anilines is 1. The summed E-state index contributed by atoms with van der Waals surface area (Å²) in [6, 6.07) is -0.0438. The molecule has 3 rings (SSSR count). The molecule has 3 heterocycles. The molecule has 2 unspecified atom stereocenters. The second-order valence-electron chi connectivity index (χ2n) is 10.3. The first kappa shape index (κ1) is 24.7. The first-order valence-corrected chi connectivity index (χ1v) is 20.9. The van der Waals surface area contributed by atoms with Crippen LogP contribution in [0, 0.1) is 5.82 Å². The predicted molar refractivity (Wildman–Crippen MR) is 126 cm³/mol. The van der Waals surface area contributed by atoms with Crippen LogP contribution < -0.4 is 13.3 Å². The standard InChI is InChI=1S/C19H25FN5O3.3CH3.Sn/c1-11-14(7-8-25(11)18(26)28-19(2,3)4)24(5)16-12-9-21-10-13(20)15(12)22-17(23-16)27-6;;;;/h9,11,14H,7-8H2,1-6H3;3*1H3;. The fourth-order valence-corrected chi connectivity index (χ4v) is 7.59. The van der Waals surface area contributed by atoms with Crippen molar-refractivity contribution < 1.29 is 18.7 Å². The molecule has 1 aliphatic heterocycles. The molecule has 10 heteroatoms. The predicted octanol–water partition coefficient (Wildman–Crippen LogP) is 3.55. The Hall–Kier alpha value is -1.91. The molecule has 1 amide bonds. The Morgan fingerprint density at radius 3 is 2.50 bits per heavy atom. The van der Waals surface area contributed by atoms with Crippen LogP contribution in [0.25, 0.3) is 10.9 Å². The minimum atomic E-state index is -2.79.